The highest BCUT2D eigenvalue weighted by atomic mass is 19.1. The second-order valence-corrected chi connectivity index (χ2v) is 7.47. The lowest BCUT2D eigenvalue weighted by Gasteiger charge is -2.43. The van der Waals surface area contributed by atoms with E-state index in [0.717, 1.165) is 12.0 Å². The highest BCUT2D eigenvalue weighted by molar-refractivity contribution is 5.94. The van der Waals surface area contributed by atoms with E-state index < -0.39 is 0 Å². The van der Waals surface area contributed by atoms with Crippen LogP contribution in [0.5, 0.6) is 0 Å². The number of carbonyl (C=O) groups excluding carboxylic acids is 2. The summed E-state index contributed by atoms with van der Waals surface area (Å²) >= 11 is 0. The maximum Gasteiger partial charge on any atom is 0.253 e. The second kappa shape index (κ2) is 7.72. The van der Waals surface area contributed by atoms with Crippen molar-refractivity contribution >= 4 is 11.8 Å². The van der Waals surface area contributed by atoms with Crippen molar-refractivity contribution in [1.82, 2.24) is 9.96 Å². The Morgan fingerprint density at radius 3 is 2.36 bits per heavy atom. The zero-order valence-electron chi connectivity index (χ0n) is 15.6. The third-order valence-electron chi connectivity index (χ3n) is 5.74. The van der Waals surface area contributed by atoms with Gasteiger partial charge in [-0.2, -0.15) is 0 Å². The molecular formula is C22H23FN2O3. The molecule has 1 spiro atoms. The summed E-state index contributed by atoms with van der Waals surface area (Å²) in [6.07, 6.45) is 2.58. The second-order valence-electron chi connectivity index (χ2n) is 7.47. The van der Waals surface area contributed by atoms with Crippen molar-refractivity contribution < 1.29 is 18.8 Å². The number of carbonyl (C=O) groups is 2. The van der Waals surface area contributed by atoms with E-state index in [1.165, 1.54) is 24.3 Å². The minimum Gasteiger partial charge on any atom is -0.338 e. The van der Waals surface area contributed by atoms with Gasteiger partial charge >= 0.3 is 0 Å². The molecule has 2 aliphatic heterocycles. The average molecular weight is 382 g/mol. The normalized spacial score (nSPS) is 18.7. The molecule has 2 fully saturated rings. The molecule has 0 saturated carbocycles. The molecule has 0 radical (unpaired) electrons. The summed E-state index contributed by atoms with van der Waals surface area (Å²) < 4.78 is 13.1. The molecule has 2 amide bonds. The van der Waals surface area contributed by atoms with E-state index in [-0.39, 0.29) is 23.2 Å². The molecule has 0 bridgehead atoms. The van der Waals surface area contributed by atoms with Gasteiger partial charge in [0.05, 0.1) is 5.54 Å². The Hall–Kier alpha value is -2.73. The Bertz CT molecular complexity index is 846. The minimum atomic E-state index is -0.357. The lowest BCUT2D eigenvalue weighted by Crippen LogP contribution is -2.54. The van der Waals surface area contributed by atoms with Crippen molar-refractivity contribution in [2.75, 3.05) is 13.1 Å². The number of nitrogens with zero attached hydrogens (tertiary/aromatic N) is 2. The van der Waals surface area contributed by atoms with Gasteiger partial charge < -0.3 is 4.90 Å². The molecule has 0 aromatic heterocycles. The van der Waals surface area contributed by atoms with Crippen LogP contribution in [0.1, 0.15) is 41.6 Å². The van der Waals surface area contributed by atoms with Crippen LogP contribution < -0.4 is 0 Å². The number of hydrogen-bond donors (Lipinski definition) is 0. The van der Waals surface area contributed by atoms with Crippen LogP contribution in [0.3, 0.4) is 0 Å². The van der Waals surface area contributed by atoms with Crippen LogP contribution in [0.25, 0.3) is 0 Å². The predicted molar refractivity (Wildman–Crippen MR) is 102 cm³/mol. The number of hydroxylamine groups is 2. The number of hydrogen-bond acceptors (Lipinski definition) is 3. The van der Waals surface area contributed by atoms with Crippen LogP contribution in [0, 0.1) is 5.82 Å². The van der Waals surface area contributed by atoms with E-state index in [4.69, 9.17) is 4.84 Å². The van der Waals surface area contributed by atoms with Crippen molar-refractivity contribution in [2.24, 2.45) is 0 Å². The molecule has 2 heterocycles. The van der Waals surface area contributed by atoms with Crippen LogP contribution in [0.15, 0.2) is 54.6 Å². The quantitative estimate of drug-likeness (QED) is 0.813. The Morgan fingerprint density at radius 1 is 1.00 bits per heavy atom. The molecule has 0 aliphatic carbocycles. The summed E-state index contributed by atoms with van der Waals surface area (Å²) in [4.78, 5) is 32.8. The van der Waals surface area contributed by atoms with Crippen LogP contribution in [0.4, 0.5) is 4.39 Å². The van der Waals surface area contributed by atoms with Gasteiger partial charge in [0.1, 0.15) is 12.4 Å². The molecule has 2 aromatic rings. The summed E-state index contributed by atoms with van der Waals surface area (Å²) in [7, 11) is 0. The van der Waals surface area contributed by atoms with Crippen molar-refractivity contribution in [3.63, 3.8) is 0 Å². The van der Waals surface area contributed by atoms with Gasteiger partial charge in [-0.1, -0.05) is 30.3 Å². The van der Waals surface area contributed by atoms with E-state index in [2.05, 4.69) is 0 Å². The lowest BCUT2D eigenvalue weighted by molar-refractivity contribution is -0.221. The first-order valence-corrected chi connectivity index (χ1v) is 9.62. The van der Waals surface area contributed by atoms with E-state index in [0.29, 0.717) is 44.5 Å². The maximum absolute atomic E-state index is 13.1. The van der Waals surface area contributed by atoms with Crippen LogP contribution >= 0.6 is 0 Å². The van der Waals surface area contributed by atoms with Gasteiger partial charge in [0, 0.05) is 25.1 Å². The Kier molecular flexibility index (Phi) is 5.13. The largest absolute Gasteiger partial charge is 0.338 e. The van der Waals surface area contributed by atoms with Crippen molar-refractivity contribution in [2.45, 2.75) is 37.8 Å². The minimum absolute atomic E-state index is 0.00856. The molecule has 2 saturated heterocycles. The number of piperidine rings is 1. The number of amides is 2. The first-order valence-electron chi connectivity index (χ1n) is 9.62. The fourth-order valence-corrected chi connectivity index (χ4v) is 4.08. The number of rotatable bonds is 4. The SMILES string of the molecule is O=C(c1ccc(F)cc1)N1CCC2(CCC(=O)N2OCc2ccccc2)CC1. The summed E-state index contributed by atoms with van der Waals surface area (Å²) in [6.45, 7) is 1.45. The zero-order chi connectivity index (χ0) is 19.6. The fourth-order valence-electron chi connectivity index (χ4n) is 4.08. The molecule has 2 aliphatic rings. The molecule has 0 atom stereocenters. The topological polar surface area (TPSA) is 49.9 Å². The van der Waals surface area contributed by atoms with Gasteiger partial charge in [-0.3, -0.25) is 14.4 Å². The lowest BCUT2D eigenvalue weighted by atomic mass is 9.85. The van der Waals surface area contributed by atoms with E-state index in [1.54, 1.807) is 9.96 Å². The average Bonchev–Trinajstić information content (AvgIpc) is 3.03. The van der Waals surface area contributed by atoms with Crippen LogP contribution in [0.2, 0.25) is 0 Å². The molecular weight excluding hydrogens is 359 g/mol. The summed E-state index contributed by atoms with van der Waals surface area (Å²) in [6, 6.07) is 15.4. The highest BCUT2D eigenvalue weighted by Crippen LogP contribution is 2.39. The summed E-state index contributed by atoms with van der Waals surface area (Å²) in [5, 5.41) is 1.57. The Morgan fingerprint density at radius 2 is 1.68 bits per heavy atom. The molecule has 146 valence electrons. The van der Waals surface area contributed by atoms with Gasteiger partial charge in [-0.05, 0) is 49.1 Å². The maximum atomic E-state index is 13.1. The third kappa shape index (κ3) is 3.64. The fraction of sp³-hybridized carbons (Fsp3) is 0.364. The van der Waals surface area contributed by atoms with Crippen molar-refractivity contribution in [1.29, 1.82) is 0 Å². The monoisotopic (exact) mass is 382 g/mol. The van der Waals surface area contributed by atoms with Crippen LogP contribution in [-0.2, 0) is 16.2 Å². The molecule has 28 heavy (non-hydrogen) atoms. The number of halogens is 1. The molecule has 6 heteroatoms. The molecule has 0 unspecified atom stereocenters. The first kappa shape index (κ1) is 18.6. The highest BCUT2D eigenvalue weighted by Gasteiger charge is 2.48. The number of benzene rings is 2. The van der Waals surface area contributed by atoms with Gasteiger partial charge in [-0.25, -0.2) is 9.45 Å². The molecule has 2 aromatic carbocycles. The van der Waals surface area contributed by atoms with Gasteiger partial charge in [0.15, 0.2) is 0 Å². The van der Waals surface area contributed by atoms with E-state index in [1.807, 2.05) is 30.3 Å². The summed E-state index contributed by atoms with van der Waals surface area (Å²) in [5.41, 5.74) is 1.16. The Labute approximate surface area is 163 Å². The van der Waals surface area contributed by atoms with Gasteiger partial charge in [-0.15, -0.1) is 0 Å². The smallest absolute Gasteiger partial charge is 0.253 e. The van der Waals surface area contributed by atoms with Crippen molar-refractivity contribution in [3.05, 3.63) is 71.5 Å². The predicted octanol–water partition coefficient (Wildman–Crippen LogP) is 3.55. The third-order valence-corrected chi connectivity index (χ3v) is 5.74. The molecule has 5 nitrogen and oxygen atoms in total. The standard InChI is InChI=1S/C22H23FN2O3/c23-19-8-6-18(7-9-19)21(27)24-14-12-22(13-15-24)11-10-20(26)25(22)28-16-17-4-2-1-3-5-17/h1-9H,10-16H2. The molecule has 0 N–H and O–H groups in total. The van der Waals surface area contributed by atoms with Crippen molar-refractivity contribution in [3.8, 4) is 0 Å². The summed E-state index contributed by atoms with van der Waals surface area (Å²) in [5.74, 6) is -0.449. The zero-order valence-corrected chi connectivity index (χ0v) is 15.6. The van der Waals surface area contributed by atoms with Gasteiger partial charge in [0.2, 0.25) is 5.91 Å². The number of likely N-dealkylation sites (tertiary alicyclic amines) is 1. The molecule has 4 rings (SSSR count). The van der Waals surface area contributed by atoms with Gasteiger partial charge in [0.25, 0.3) is 5.91 Å². The first-order chi connectivity index (χ1) is 13.6. The van der Waals surface area contributed by atoms with E-state index in [9.17, 15) is 14.0 Å². The van der Waals surface area contributed by atoms with E-state index >= 15 is 0 Å². The Balaban J connectivity index is 1.40. The van der Waals surface area contributed by atoms with Crippen LogP contribution in [-0.4, -0.2) is 40.4 Å².